The fourth-order valence-electron chi connectivity index (χ4n) is 3.15. The molecular formula is C21H23ClN4O6S. The molecular weight excluding hydrogens is 472 g/mol. The molecule has 10 nitrogen and oxygen atoms in total. The van der Waals surface area contributed by atoms with Crippen LogP contribution in [0.2, 0.25) is 5.02 Å². The van der Waals surface area contributed by atoms with E-state index in [1.54, 1.807) is 12.1 Å². The third kappa shape index (κ3) is 5.99. The molecule has 2 N–H and O–H groups in total. The lowest BCUT2D eigenvalue weighted by molar-refractivity contribution is -0.119. The van der Waals surface area contributed by atoms with Crippen molar-refractivity contribution in [3.63, 3.8) is 0 Å². The maximum Gasteiger partial charge on any atom is 0.340 e. The van der Waals surface area contributed by atoms with E-state index in [2.05, 4.69) is 15.6 Å². The minimum atomic E-state index is -3.85. The van der Waals surface area contributed by atoms with Crippen molar-refractivity contribution in [1.29, 1.82) is 0 Å². The van der Waals surface area contributed by atoms with Crippen LogP contribution in [0.3, 0.4) is 0 Å². The summed E-state index contributed by atoms with van der Waals surface area (Å²) in [7, 11) is -3.85. The Labute approximate surface area is 196 Å². The average Bonchev–Trinajstić information content (AvgIpc) is 3.64. The molecule has 4 rings (SSSR count). The minimum absolute atomic E-state index is 0.0399. The molecule has 2 aromatic rings. The van der Waals surface area contributed by atoms with E-state index in [0.717, 1.165) is 12.8 Å². The number of nitrogens with one attached hydrogen (secondary N) is 2. The predicted molar refractivity (Wildman–Crippen MR) is 121 cm³/mol. The first kappa shape index (κ1) is 23.4. The second-order valence-electron chi connectivity index (χ2n) is 7.64. The lowest BCUT2D eigenvalue weighted by Crippen LogP contribution is -2.40. The molecule has 1 aromatic carbocycles. The first-order valence-electron chi connectivity index (χ1n) is 10.4. The van der Waals surface area contributed by atoms with Crippen molar-refractivity contribution in [1.82, 2.24) is 9.29 Å². The molecule has 0 unspecified atom stereocenters. The molecule has 1 saturated carbocycles. The number of morpholine rings is 1. The van der Waals surface area contributed by atoms with Crippen LogP contribution in [0.25, 0.3) is 0 Å². The maximum atomic E-state index is 12.9. The van der Waals surface area contributed by atoms with Gasteiger partial charge in [0.2, 0.25) is 10.0 Å². The number of nitrogens with zero attached hydrogens (tertiary/aromatic N) is 2. The third-order valence-corrected chi connectivity index (χ3v) is 7.45. The molecule has 0 bridgehead atoms. The van der Waals surface area contributed by atoms with Crippen molar-refractivity contribution >= 4 is 45.0 Å². The van der Waals surface area contributed by atoms with Gasteiger partial charge in [-0.1, -0.05) is 11.6 Å². The Morgan fingerprint density at radius 1 is 1.18 bits per heavy atom. The molecule has 0 atom stereocenters. The third-order valence-electron chi connectivity index (χ3n) is 5.07. The second kappa shape index (κ2) is 10.0. The highest BCUT2D eigenvalue weighted by molar-refractivity contribution is 7.89. The molecule has 0 radical (unpaired) electrons. The number of benzene rings is 1. The number of ether oxygens (including phenoxy) is 2. The Morgan fingerprint density at radius 2 is 1.94 bits per heavy atom. The zero-order valence-electron chi connectivity index (χ0n) is 17.6. The monoisotopic (exact) mass is 494 g/mol. The summed E-state index contributed by atoms with van der Waals surface area (Å²) in [5.74, 6) is -0.639. The van der Waals surface area contributed by atoms with Gasteiger partial charge in [-0.15, -0.1) is 0 Å². The summed E-state index contributed by atoms with van der Waals surface area (Å²) in [5.41, 5.74) is 0.430. The Bertz CT molecular complexity index is 1130. The summed E-state index contributed by atoms with van der Waals surface area (Å²) in [6, 6.07) is 7.83. The van der Waals surface area contributed by atoms with E-state index in [4.69, 9.17) is 21.1 Å². The van der Waals surface area contributed by atoms with Gasteiger partial charge in [-0.05, 0) is 43.2 Å². The van der Waals surface area contributed by atoms with E-state index in [1.807, 2.05) is 0 Å². The number of sulfonamides is 1. The summed E-state index contributed by atoms with van der Waals surface area (Å²) in [4.78, 5) is 28.5. The summed E-state index contributed by atoms with van der Waals surface area (Å²) in [5, 5.41) is 5.77. The highest BCUT2D eigenvalue weighted by atomic mass is 35.5. The van der Waals surface area contributed by atoms with Crippen LogP contribution in [-0.4, -0.2) is 68.5 Å². The average molecular weight is 495 g/mol. The van der Waals surface area contributed by atoms with Crippen LogP contribution in [0.4, 0.5) is 11.5 Å². The molecule has 2 heterocycles. The number of halogens is 1. The van der Waals surface area contributed by atoms with Crippen LogP contribution in [-0.2, 0) is 24.3 Å². The van der Waals surface area contributed by atoms with Crippen molar-refractivity contribution in [3.8, 4) is 0 Å². The summed E-state index contributed by atoms with van der Waals surface area (Å²) < 4.78 is 37.3. The summed E-state index contributed by atoms with van der Waals surface area (Å²) >= 11 is 6.12. The number of anilines is 2. The van der Waals surface area contributed by atoms with Crippen molar-refractivity contribution in [2.24, 2.45) is 0 Å². The highest BCUT2D eigenvalue weighted by Gasteiger charge is 2.29. The Morgan fingerprint density at radius 3 is 2.61 bits per heavy atom. The van der Waals surface area contributed by atoms with E-state index in [0.29, 0.717) is 25.1 Å². The number of pyridine rings is 1. The molecule has 12 heteroatoms. The fourth-order valence-corrected chi connectivity index (χ4v) is 5.06. The van der Waals surface area contributed by atoms with Gasteiger partial charge in [-0.3, -0.25) is 4.79 Å². The van der Waals surface area contributed by atoms with E-state index < -0.39 is 28.5 Å². The van der Waals surface area contributed by atoms with E-state index in [9.17, 15) is 18.0 Å². The van der Waals surface area contributed by atoms with Crippen LogP contribution >= 0.6 is 11.6 Å². The second-order valence-corrected chi connectivity index (χ2v) is 9.95. The molecule has 2 aliphatic rings. The van der Waals surface area contributed by atoms with Gasteiger partial charge in [0.05, 0.1) is 23.8 Å². The van der Waals surface area contributed by atoms with Crippen LogP contribution in [0, 0.1) is 0 Å². The molecule has 1 aliphatic heterocycles. The van der Waals surface area contributed by atoms with Gasteiger partial charge in [-0.2, -0.15) is 4.31 Å². The van der Waals surface area contributed by atoms with Crippen molar-refractivity contribution < 1.29 is 27.5 Å². The maximum absolute atomic E-state index is 12.9. The zero-order valence-corrected chi connectivity index (χ0v) is 19.2. The molecule has 1 saturated heterocycles. The van der Waals surface area contributed by atoms with Gasteiger partial charge >= 0.3 is 5.97 Å². The van der Waals surface area contributed by atoms with Crippen molar-refractivity contribution in [2.45, 2.75) is 23.8 Å². The van der Waals surface area contributed by atoms with E-state index in [-0.39, 0.29) is 34.3 Å². The normalized spacial score (nSPS) is 16.8. The number of hydrogen-bond acceptors (Lipinski definition) is 8. The van der Waals surface area contributed by atoms with E-state index >= 15 is 0 Å². The number of rotatable bonds is 8. The van der Waals surface area contributed by atoms with Gasteiger partial charge in [0.15, 0.2) is 6.61 Å². The molecule has 2 fully saturated rings. The lowest BCUT2D eigenvalue weighted by Gasteiger charge is -2.26. The standard InChI is InChI=1S/C21H23ClN4O6S/c22-17-5-4-16(11-18(17)33(29,30)26-7-9-31-10-8-26)25-20(27)13-32-21(28)14-1-6-19(23-12-14)24-15-2-3-15/h1,4-6,11-12,15H,2-3,7-10,13H2,(H,23,24)(H,25,27). The van der Waals surface area contributed by atoms with E-state index in [1.165, 1.54) is 28.7 Å². The number of hydrogen-bond donors (Lipinski definition) is 2. The molecule has 176 valence electrons. The topological polar surface area (TPSA) is 127 Å². The fraction of sp³-hybridized carbons (Fsp3) is 0.381. The SMILES string of the molecule is O=C(COC(=O)c1ccc(NC2CC2)nc1)Nc1ccc(Cl)c(S(=O)(=O)N2CCOCC2)c1. The lowest BCUT2D eigenvalue weighted by atomic mass is 10.3. The Balaban J connectivity index is 1.34. The van der Waals surface area contributed by atoms with Crippen LogP contribution in [0.5, 0.6) is 0 Å². The molecule has 0 spiro atoms. The van der Waals surface area contributed by atoms with Gasteiger partial charge < -0.3 is 20.1 Å². The van der Waals surface area contributed by atoms with Crippen molar-refractivity contribution in [2.75, 3.05) is 43.5 Å². The predicted octanol–water partition coefficient (Wildman–Crippen LogP) is 2.13. The smallest absolute Gasteiger partial charge is 0.340 e. The molecule has 1 aromatic heterocycles. The number of amides is 1. The number of esters is 1. The quantitative estimate of drug-likeness (QED) is 0.534. The number of carbonyl (C=O) groups is 2. The number of carbonyl (C=O) groups excluding carboxylic acids is 2. The number of aromatic nitrogens is 1. The largest absolute Gasteiger partial charge is 0.452 e. The highest BCUT2D eigenvalue weighted by Crippen LogP contribution is 2.28. The molecule has 1 aliphatic carbocycles. The summed E-state index contributed by atoms with van der Waals surface area (Å²) in [6.45, 7) is 0.492. The van der Waals surface area contributed by atoms with Gasteiger partial charge in [0.25, 0.3) is 5.91 Å². The Kier molecular flexibility index (Phi) is 7.13. The van der Waals surface area contributed by atoms with Gasteiger partial charge in [0.1, 0.15) is 10.7 Å². The minimum Gasteiger partial charge on any atom is -0.452 e. The Hall–Kier alpha value is -2.73. The van der Waals surface area contributed by atoms with Crippen LogP contribution < -0.4 is 10.6 Å². The molecule has 1 amide bonds. The molecule has 33 heavy (non-hydrogen) atoms. The van der Waals surface area contributed by atoms with Crippen LogP contribution in [0.1, 0.15) is 23.2 Å². The van der Waals surface area contributed by atoms with Crippen molar-refractivity contribution in [3.05, 3.63) is 47.1 Å². The zero-order chi connectivity index (χ0) is 23.4. The van der Waals surface area contributed by atoms with Gasteiger partial charge in [-0.25, -0.2) is 18.2 Å². The first-order chi connectivity index (χ1) is 15.8. The first-order valence-corrected chi connectivity index (χ1v) is 12.2. The van der Waals surface area contributed by atoms with Gasteiger partial charge in [0, 0.05) is 31.0 Å². The van der Waals surface area contributed by atoms with Crippen LogP contribution in [0.15, 0.2) is 41.4 Å². The summed E-state index contributed by atoms with van der Waals surface area (Å²) in [6.07, 6.45) is 3.59.